The van der Waals surface area contributed by atoms with Crippen LogP contribution in [0.4, 0.5) is 0 Å². The number of allylic oxidation sites excluding steroid dienone is 5. The smallest absolute Gasteiger partial charge is 0.206 e. The first kappa shape index (κ1) is 35.6. The lowest BCUT2D eigenvalue weighted by Crippen LogP contribution is -2.22. The van der Waals surface area contributed by atoms with Crippen LogP contribution < -0.4 is 9.47 Å². The van der Waals surface area contributed by atoms with Crippen molar-refractivity contribution in [1.29, 1.82) is 0 Å². The first-order chi connectivity index (χ1) is 20.2. The highest BCUT2D eigenvalue weighted by Crippen LogP contribution is 2.30. The fourth-order valence-electron chi connectivity index (χ4n) is 4.31. The third kappa shape index (κ3) is 10.3. The van der Waals surface area contributed by atoms with Gasteiger partial charge in [0, 0.05) is 6.42 Å². The molecule has 5 heteroatoms. The summed E-state index contributed by atoms with van der Waals surface area (Å²) in [5, 5.41) is 0. The summed E-state index contributed by atoms with van der Waals surface area (Å²) in [4.78, 5) is 0.525. The van der Waals surface area contributed by atoms with Crippen molar-refractivity contribution in [3.63, 3.8) is 0 Å². The molecule has 0 radical (unpaired) electrons. The Labute approximate surface area is 261 Å². The van der Waals surface area contributed by atoms with Crippen LogP contribution in [0.25, 0.3) is 5.57 Å². The van der Waals surface area contributed by atoms with Crippen molar-refractivity contribution in [3.8, 4) is 11.5 Å². The molecule has 0 amide bonds. The molecule has 4 nitrogen and oxygen atoms in total. The van der Waals surface area contributed by atoms with Crippen LogP contribution in [0.2, 0.25) is 0 Å². The van der Waals surface area contributed by atoms with Gasteiger partial charge in [-0.05, 0) is 104 Å². The molecule has 0 bridgehead atoms. The number of hydrogen-bond acceptors (Lipinski definition) is 4. The summed E-state index contributed by atoms with van der Waals surface area (Å²) in [5.41, 5.74) is 4.16. The molecule has 0 aliphatic heterocycles. The Kier molecular flexibility index (Phi) is 12.6. The van der Waals surface area contributed by atoms with Crippen LogP contribution in [0.15, 0.2) is 112 Å². The van der Waals surface area contributed by atoms with Gasteiger partial charge < -0.3 is 9.47 Å². The van der Waals surface area contributed by atoms with Gasteiger partial charge in [-0.3, -0.25) is 0 Å². The largest absolute Gasteiger partial charge is 0.488 e. The lowest BCUT2D eigenvalue weighted by atomic mass is 9.87. The average molecular weight is 603 g/mol. The van der Waals surface area contributed by atoms with E-state index < -0.39 is 9.84 Å². The van der Waals surface area contributed by atoms with Gasteiger partial charge in [-0.25, -0.2) is 8.42 Å². The van der Waals surface area contributed by atoms with Crippen LogP contribution in [0.3, 0.4) is 0 Å². The van der Waals surface area contributed by atoms with Crippen molar-refractivity contribution in [2.24, 2.45) is 0 Å². The van der Waals surface area contributed by atoms with Crippen molar-refractivity contribution in [2.45, 2.75) is 103 Å². The van der Waals surface area contributed by atoms with Crippen molar-refractivity contribution >= 4 is 15.4 Å². The maximum Gasteiger partial charge on any atom is 0.206 e. The molecule has 0 heterocycles. The second-order valence-electron chi connectivity index (χ2n) is 12.0. The average Bonchev–Trinajstić information content (AvgIpc) is 3.15. The highest BCUT2D eigenvalue weighted by atomic mass is 32.2. The van der Waals surface area contributed by atoms with Gasteiger partial charge in [0.1, 0.15) is 22.9 Å². The van der Waals surface area contributed by atoms with E-state index in [0.717, 1.165) is 33.8 Å². The molecular formula is C38H50O4S. The lowest BCUT2D eigenvalue weighted by Gasteiger charge is -2.21. The summed E-state index contributed by atoms with van der Waals surface area (Å²) < 4.78 is 38.4. The zero-order valence-electron chi connectivity index (χ0n) is 27.9. The van der Waals surface area contributed by atoms with Gasteiger partial charge >= 0.3 is 0 Å². The standard InChI is InChI=1S/C34H38O4S.2C2H6/c1-24-22-26(25-8-13-29(14-9-25)38-34(5,6)7)10-15-30(23-24)37-28-16-20-32(21-17-28)39(35,36)31-18-11-27(12-19-31)33(2,3)4;2*1-2/h8-22H,23H2,1-7H3;2*1-2H3. The second-order valence-corrected chi connectivity index (χ2v) is 14.0. The monoisotopic (exact) mass is 602 g/mol. The molecule has 0 unspecified atom stereocenters. The van der Waals surface area contributed by atoms with Gasteiger partial charge in [-0.15, -0.1) is 0 Å². The first-order valence-electron chi connectivity index (χ1n) is 15.2. The third-order valence-corrected chi connectivity index (χ3v) is 8.11. The molecule has 1 aliphatic rings. The Morgan fingerprint density at radius 2 is 1.14 bits per heavy atom. The number of hydrogen-bond donors (Lipinski definition) is 0. The van der Waals surface area contributed by atoms with E-state index in [1.54, 1.807) is 36.4 Å². The predicted octanol–water partition coefficient (Wildman–Crippen LogP) is 10.7. The molecule has 0 atom stereocenters. The first-order valence-corrected chi connectivity index (χ1v) is 16.7. The minimum atomic E-state index is -3.61. The quantitative estimate of drug-likeness (QED) is 0.282. The minimum absolute atomic E-state index is 0.0386. The molecule has 0 saturated heterocycles. The predicted molar refractivity (Wildman–Crippen MR) is 182 cm³/mol. The van der Waals surface area contributed by atoms with Gasteiger partial charge in [0.05, 0.1) is 9.79 Å². The van der Waals surface area contributed by atoms with Crippen LogP contribution in [0.1, 0.15) is 93.7 Å². The topological polar surface area (TPSA) is 52.6 Å². The Hall–Kier alpha value is -3.57. The molecule has 43 heavy (non-hydrogen) atoms. The van der Waals surface area contributed by atoms with E-state index in [0.29, 0.717) is 12.2 Å². The number of benzene rings is 3. The molecule has 3 aromatic carbocycles. The molecular weight excluding hydrogens is 552 g/mol. The number of rotatable bonds is 6. The zero-order valence-corrected chi connectivity index (χ0v) is 28.7. The van der Waals surface area contributed by atoms with E-state index in [-0.39, 0.29) is 20.8 Å². The SMILES string of the molecule is CC.CC.CC1=CC(c2ccc(OC(C)(C)C)cc2)=CC=C(Oc2ccc(S(=O)(=O)c3ccc(C(C)(C)C)cc3)cc2)C1. The van der Waals surface area contributed by atoms with Crippen molar-refractivity contribution in [3.05, 3.63) is 113 Å². The Balaban J connectivity index is 0.00000155. The van der Waals surface area contributed by atoms with Crippen LogP contribution in [-0.2, 0) is 15.3 Å². The molecule has 0 spiro atoms. The Morgan fingerprint density at radius 3 is 1.63 bits per heavy atom. The number of ether oxygens (including phenoxy) is 2. The molecule has 0 aromatic heterocycles. The Morgan fingerprint density at radius 1 is 0.651 bits per heavy atom. The highest BCUT2D eigenvalue weighted by Gasteiger charge is 2.20. The van der Waals surface area contributed by atoms with Crippen LogP contribution in [0.5, 0.6) is 11.5 Å². The summed E-state index contributed by atoms with van der Waals surface area (Å²) >= 11 is 0. The maximum atomic E-state index is 13.2. The van der Waals surface area contributed by atoms with Gasteiger partial charge in [-0.1, -0.05) is 90.5 Å². The van der Waals surface area contributed by atoms with Gasteiger partial charge in [0.25, 0.3) is 0 Å². The molecule has 3 aromatic rings. The molecule has 232 valence electrons. The third-order valence-electron chi connectivity index (χ3n) is 6.33. The fourth-order valence-corrected chi connectivity index (χ4v) is 5.57. The highest BCUT2D eigenvalue weighted by molar-refractivity contribution is 7.91. The van der Waals surface area contributed by atoms with E-state index in [1.807, 2.05) is 84.9 Å². The van der Waals surface area contributed by atoms with Crippen LogP contribution in [0, 0.1) is 0 Å². The summed E-state index contributed by atoms with van der Waals surface area (Å²) in [6, 6.07) is 21.9. The molecule has 1 aliphatic carbocycles. The fraction of sp³-hybridized carbons (Fsp3) is 0.368. The van der Waals surface area contributed by atoms with Crippen molar-refractivity contribution < 1.29 is 17.9 Å². The summed E-state index contributed by atoms with van der Waals surface area (Å²) in [5.74, 6) is 2.23. The minimum Gasteiger partial charge on any atom is -0.488 e. The van der Waals surface area contributed by atoms with E-state index in [4.69, 9.17) is 9.47 Å². The van der Waals surface area contributed by atoms with Gasteiger partial charge in [-0.2, -0.15) is 0 Å². The van der Waals surface area contributed by atoms with Crippen LogP contribution in [-0.4, -0.2) is 14.0 Å². The molecule has 4 rings (SSSR count). The second kappa shape index (κ2) is 15.2. The summed E-state index contributed by atoms with van der Waals surface area (Å²) in [7, 11) is -3.61. The molecule has 0 N–H and O–H groups in total. The normalized spacial score (nSPS) is 13.5. The van der Waals surface area contributed by atoms with E-state index in [9.17, 15) is 8.42 Å². The Bertz CT molecular complexity index is 1510. The maximum absolute atomic E-state index is 13.2. The van der Waals surface area contributed by atoms with Gasteiger partial charge in [0.2, 0.25) is 9.84 Å². The summed E-state index contributed by atoms with van der Waals surface area (Å²) in [6.45, 7) is 22.5. The number of sulfone groups is 1. The van der Waals surface area contributed by atoms with Crippen molar-refractivity contribution in [1.82, 2.24) is 0 Å². The molecule has 0 saturated carbocycles. The summed E-state index contributed by atoms with van der Waals surface area (Å²) in [6.07, 6.45) is 6.84. The van der Waals surface area contributed by atoms with Gasteiger partial charge in [0.15, 0.2) is 0 Å². The zero-order chi connectivity index (χ0) is 32.4. The van der Waals surface area contributed by atoms with Crippen molar-refractivity contribution in [2.75, 3.05) is 0 Å². The lowest BCUT2D eigenvalue weighted by molar-refractivity contribution is 0.131. The van der Waals surface area contributed by atoms with E-state index in [2.05, 4.69) is 45.9 Å². The van der Waals surface area contributed by atoms with Crippen LogP contribution >= 0.6 is 0 Å². The van der Waals surface area contributed by atoms with E-state index in [1.165, 1.54) is 0 Å². The van der Waals surface area contributed by atoms with E-state index >= 15 is 0 Å². The molecule has 0 fully saturated rings.